The number of benzene rings is 3. The van der Waals surface area contributed by atoms with Crippen molar-refractivity contribution in [3.63, 3.8) is 0 Å². The summed E-state index contributed by atoms with van der Waals surface area (Å²) < 4.78 is 0. The Morgan fingerprint density at radius 3 is 0.583 bits per heavy atom. The molecule has 3 aromatic carbocycles. The van der Waals surface area contributed by atoms with Crippen LogP contribution in [0.25, 0.3) is 36.5 Å². The van der Waals surface area contributed by atoms with Crippen LogP contribution in [-0.2, 0) is 0 Å². The third-order valence-electron chi connectivity index (χ3n) is 4.32. The van der Waals surface area contributed by atoms with Crippen LogP contribution in [0.3, 0.4) is 0 Å². The average Bonchev–Trinajstić information content (AvgIpc) is 2.64. The van der Waals surface area contributed by atoms with Crippen molar-refractivity contribution in [2.45, 2.75) is 0 Å². The van der Waals surface area contributed by atoms with E-state index < -0.39 is 0 Å². The van der Waals surface area contributed by atoms with E-state index in [4.69, 9.17) is 0 Å². The lowest BCUT2D eigenvalue weighted by molar-refractivity contribution is 1.58. The van der Waals surface area contributed by atoms with Crippen molar-refractivity contribution in [1.82, 2.24) is 0 Å². The summed E-state index contributed by atoms with van der Waals surface area (Å²) in [4.78, 5) is 0. The fourth-order valence-corrected chi connectivity index (χ4v) is 2.98. The first-order valence-corrected chi connectivity index (χ1v) is 8.21. The van der Waals surface area contributed by atoms with Gasteiger partial charge in [-0.1, -0.05) is 109 Å². The van der Waals surface area contributed by atoms with E-state index in [9.17, 15) is 0 Å². The Bertz CT molecular complexity index is 753. The number of hydrogen-bond donors (Lipinski definition) is 0. The number of hydrogen-bond acceptors (Lipinski definition) is 0. The van der Waals surface area contributed by atoms with E-state index in [1.807, 2.05) is 0 Å². The molecular formula is C24H18. The Morgan fingerprint density at radius 1 is 0.250 bits per heavy atom. The lowest BCUT2D eigenvalue weighted by atomic mass is 9.99. The minimum atomic E-state index is 1.23. The molecular weight excluding hydrogens is 288 g/mol. The third kappa shape index (κ3) is 3.00. The van der Waals surface area contributed by atoms with Crippen LogP contribution < -0.4 is 0 Å². The largest absolute Gasteiger partial charge is 0.0616 e. The molecule has 0 amide bonds. The molecule has 0 spiro atoms. The van der Waals surface area contributed by atoms with Gasteiger partial charge in [0.15, 0.2) is 0 Å². The Hall–Kier alpha value is -3.12. The van der Waals surface area contributed by atoms with Gasteiger partial charge in [-0.15, -0.1) is 0 Å². The number of fused-ring (bicyclic) bond motifs is 3. The molecule has 0 unspecified atom stereocenters. The van der Waals surface area contributed by atoms with Crippen LogP contribution in [0.1, 0.15) is 33.4 Å². The quantitative estimate of drug-likeness (QED) is 0.347. The molecule has 0 aliphatic heterocycles. The summed E-state index contributed by atoms with van der Waals surface area (Å²) in [7, 11) is 0. The maximum Gasteiger partial charge on any atom is -0.0184 e. The van der Waals surface area contributed by atoms with Gasteiger partial charge in [0.25, 0.3) is 0 Å². The van der Waals surface area contributed by atoms with Crippen LogP contribution in [-0.4, -0.2) is 0 Å². The van der Waals surface area contributed by atoms with Gasteiger partial charge >= 0.3 is 0 Å². The van der Waals surface area contributed by atoms with Crippen LogP contribution in [0.2, 0.25) is 0 Å². The van der Waals surface area contributed by atoms with Crippen molar-refractivity contribution < 1.29 is 0 Å². The molecule has 0 saturated heterocycles. The maximum atomic E-state index is 2.19. The molecule has 0 saturated carbocycles. The summed E-state index contributed by atoms with van der Waals surface area (Å²) in [5, 5.41) is 0. The topological polar surface area (TPSA) is 0 Å². The van der Waals surface area contributed by atoms with Gasteiger partial charge in [-0.05, 0) is 33.4 Å². The zero-order chi connectivity index (χ0) is 16.2. The summed E-state index contributed by atoms with van der Waals surface area (Å²) in [5.74, 6) is 0. The van der Waals surface area contributed by atoms with Gasteiger partial charge in [0.05, 0.1) is 0 Å². The summed E-state index contributed by atoms with van der Waals surface area (Å²) in [5.41, 5.74) is 7.36. The van der Waals surface area contributed by atoms with E-state index in [1.165, 1.54) is 33.4 Å². The van der Waals surface area contributed by atoms with Gasteiger partial charge < -0.3 is 0 Å². The average molecular weight is 306 g/mol. The first-order valence-electron chi connectivity index (χ1n) is 8.21. The van der Waals surface area contributed by atoms with Crippen molar-refractivity contribution in [3.8, 4) is 0 Å². The molecule has 0 heteroatoms. The van der Waals surface area contributed by atoms with Crippen molar-refractivity contribution in [1.29, 1.82) is 0 Å². The highest BCUT2D eigenvalue weighted by molar-refractivity contribution is 5.86. The summed E-state index contributed by atoms with van der Waals surface area (Å²) in [6.07, 6.45) is 13.2. The summed E-state index contributed by atoms with van der Waals surface area (Å²) >= 11 is 0. The maximum absolute atomic E-state index is 2.19. The van der Waals surface area contributed by atoms with E-state index in [1.54, 1.807) is 0 Å². The molecule has 0 heterocycles. The van der Waals surface area contributed by atoms with Crippen molar-refractivity contribution in [2.24, 2.45) is 0 Å². The Balaban J connectivity index is 1.94. The summed E-state index contributed by atoms with van der Waals surface area (Å²) in [6.45, 7) is 0. The highest BCUT2D eigenvalue weighted by Crippen LogP contribution is 2.22. The molecule has 4 rings (SSSR count). The van der Waals surface area contributed by atoms with Gasteiger partial charge in [-0.3, -0.25) is 0 Å². The van der Waals surface area contributed by atoms with Gasteiger partial charge in [-0.25, -0.2) is 0 Å². The highest BCUT2D eigenvalue weighted by Gasteiger charge is 2.01. The Kier molecular flexibility index (Phi) is 3.95. The van der Waals surface area contributed by atoms with Gasteiger partial charge in [0, 0.05) is 0 Å². The molecule has 0 atom stereocenters. The Morgan fingerprint density at radius 2 is 0.417 bits per heavy atom. The molecule has 3 aromatic rings. The third-order valence-corrected chi connectivity index (χ3v) is 4.32. The molecule has 0 bridgehead atoms. The highest BCUT2D eigenvalue weighted by atomic mass is 14.1. The van der Waals surface area contributed by atoms with Crippen molar-refractivity contribution in [2.75, 3.05) is 0 Å². The van der Waals surface area contributed by atoms with Gasteiger partial charge in [0.2, 0.25) is 0 Å². The molecule has 0 aromatic heterocycles. The lowest BCUT2D eigenvalue weighted by Crippen LogP contribution is -1.85. The second kappa shape index (κ2) is 6.55. The minimum Gasteiger partial charge on any atom is -0.0616 e. The fourth-order valence-electron chi connectivity index (χ4n) is 2.98. The van der Waals surface area contributed by atoms with Gasteiger partial charge in [-0.2, -0.15) is 0 Å². The second-order valence-electron chi connectivity index (χ2n) is 5.89. The lowest BCUT2D eigenvalue weighted by Gasteiger charge is -2.06. The van der Waals surface area contributed by atoms with E-state index in [0.29, 0.717) is 0 Å². The molecule has 1 aliphatic carbocycles. The first-order chi connectivity index (χ1) is 11.9. The fraction of sp³-hybridized carbons (Fsp3) is 0. The molecule has 0 radical (unpaired) electrons. The zero-order valence-corrected chi connectivity index (χ0v) is 13.4. The molecule has 1 aliphatic rings. The van der Waals surface area contributed by atoms with Crippen LogP contribution in [0, 0.1) is 0 Å². The van der Waals surface area contributed by atoms with Crippen molar-refractivity contribution >= 4 is 36.5 Å². The smallest absolute Gasteiger partial charge is 0.0184 e. The second-order valence-corrected chi connectivity index (χ2v) is 5.89. The molecule has 0 nitrogen and oxygen atoms in total. The van der Waals surface area contributed by atoms with Crippen LogP contribution in [0.5, 0.6) is 0 Å². The molecule has 24 heavy (non-hydrogen) atoms. The monoisotopic (exact) mass is 306 g/mol. The van der Waals surface area contributed by atoms with E-state index >= 15 is 0 Å². The Labute approximate surface area is 143 Å². The van der Waals surface area contributed by atoms with E-state index in [0.717, 1.165) is 0 Å². The van der Waals surface area contributed by atoms with E-state index in [-0.39, 0.29) is 0 Å². The molecule has 114 valence electrons. The standard InChI is InChI=1S/C24H18/c1-2-8-20-15-16-22-10-5-6-12-24(22)18-17-23-11-4-3-9-21(23)14-13-19(20)7-1/h1-18H/b14-13+,16-15+,18-17+,19-13?,20-15?,21-14?,22-16?,23-17?,24-18?. The minimum absolute atomic E-state index is 1.23. The van der Waals surface area contributed by atoms with Gasteiger partial charge in [0.1, 0.15) is 0 Å². The summed E-state index contributed by atoms with van der Waals surface area (Å²) in [6, 6.07) is 25.5. The predicted molar refractivity (Wildman–Crippen MR) is 106 cm³/mol. The predicted octanol–water partition coefficient (Wildman–Crippen LogP) is 6.51. The molecule has 0 N–H and O–H groups in total. The van der Waals surface area contributed by atoms with Crippen LogP contribution >= 0.6 is 0 Å². The van der Waals surface area contributed by atoms with Crippen molar-refractivity contribution in [3.05, 3.63) is 106 Å². The van der Waals surface area contributed by atoms with Crippen LogP contribution in [0.4, 0.5) is 0 Å². The normalized spacial score (nSPS) is 16.5. The van der Waals surface area contributed by atoms with E-state index in [2.05, 4.69) is 109 Å². The van der Waals surface area contributed by atoms with Crippen LogP contribution in [0.15, 0.2) is 72.8 Å². The SMILES string of the molecule is C1=C/c2ccccc2/C=C/c2ccccc2/C=C/c2ccccc2/1. The molecule has 0 fully saturated rings. The first kappa shape index (κ1) is 14.5. The zero-order valence-electron chi connectivity index (χ0n) is 13.4. The number of rotatable bonds is 0.